The van der Waals surface area contributed by atoms with Crippen molar-refractivity contribution in [1.82, 2.24) is 14.5 Å². The first-order valence-corrected chi connectivity index (χ1v) is 11.1. The van der Waals surface area contributed by atoms with Gasteiger partial charge < -0.3 is 10.2 Å². The van der Waals surface area contributed by atoms with E-state index in [2.05, 4.69) is 12.2 Å². The molecule has 1 aliphatic rings. The lowest BCUT2D eigenvalue weighted by Crippen LogP contribution is -2.50. The van der Waals surface area contributed by atoms with E-state index in [9.17, 15) is 13.2 Å². The predicted octanol–water partition coefficient (Wildman–Crippen LogP) is 1.87. The van der Waals surface area contributed by atoms with Crippen molar-refractivity contribution in [3.8, 4) is 0 Å². The number of hydrogen-bond acceptors (Lipinski definition) is 4. The van der Waals surface area contributed by atoms with Crippen LogP contribution in [0.2, 0.25) is 0 Å². The van der Waals surface area contributed by atoms with Crippen molar-refractivity contribution < 1.29 is 13.2 Å². The Morgan fingerprint density at radius 3 is 2.21 bits per heavy atom. The zero-order valence-electron chi connectivity index (χ0n) is 16.2. The summed E-state index contributed by atoms with van der Waals surface area (Å²) in [6, 6.07) is 16.2. The molecule has 0 aromatic heterocycles. The Bertz CT molecular complexity index is 877. The third kappa shape index (κ3) is 4.98. The molecule has 1 saturated heterocycles. The van der Waals surface area contributed by atoms with Gasteiger partial charge in [0, 0.05) is 32.7 Å². The number of rotatable bonds is 7. The van der Waals surface area contributed by atoms with Gasteiger partial charge in [0.25, 0.3) is 0 Å². The number of amides is 1. The average Bonchev–Trinajstić information content (AvgIpc) is 2.75. The Hall–Kier alpha value is -2.22. The Morgan fingerprint density at radius 2 is 1.61 bits per heavy atom. The van der Waals surface area contributed by atoms with Crippen LogP contribution in [-0.2, 0) is 27.8 Å². The van der Waals surface area contributed by atoms with Gasteiger partial charge in [-0.15, -0.1) is 0 Å². The Morgan fingerprint density at radius 1 is 1.00 bits per heavy atom. The lowest BCUT2D eigenvalue weighted by Gasteiger charge is -2.30. The highest BCUT2D eigenvalue weighted by Gasteiger charge is 2.29. The minimum atomic E-state index is -3.78. The second-order valence-electron chi connectivity index (χ2n) is 6.89. The van der Waals surface area contributed by atoms with Gasteiger partial charge in [0.05, 0.1) is 11.4 Å². The van der Waals surface area contributed by atoms with Gasteiger partial charge >= 0.3 is 0 Å². The SMILES string of the molecule is CCc1ccc(CN(CC(=O)N2CCNCC2)S(=O)(=O)c2ccccc2)cc1. The van der Waals surface area contributed by atoms with Gasteiger partial charge in [-0.25, -0.2) is 8.42 Å². The summed E-state index contributed by atoms with van der Waals surface area (Å²) in [5.74, 6) is -0.161. The molecule has 0 bridgehead atoms. The van der Waals surface area contributed by atoms with E-state index in [1.54, 1.807) is 35.2 Å². The Kier molecular flexibility index (Phi) is 6.83. The summed E-state index contributed by atoms with van der Waals surface area (Å²) in [6.45, 7) is 4.75. The molecule has 0 saturated carbocycles. The molecular formula is C21H27N3O3S. The second kappa shape index (κ2) is 9.32. The molecule has 1 aliphatic heterocycles. The van der Waals surface area contributed by atoms with Gasteiger partial charge in [-0.3, -0.25) is 4.79 Å². The molecule has 28 heavy (non-hydrogen) atoms. The Labute approximate surface area is 167 Å². The van der Waals surface area contributed by atoms with Crippen LogP contribution < -0.4 is 5.32 Å². The van der Waals surface area contributed by atoms with Crippen LogP contribution in [0.3, 0.4) is 0 Å². The van der Waals surface area contributed by atoms with Crippen LogP contribution in [0.5, 0.6) is 0 Å². The average molecular weight is 402 g/mol. The monoisotopic (exact) mass is 401 g/mol. The van der Waals surface area contributed by atoms with E-state index in [0.29, 0.717) is 13.1 Å². The van der Waals surface area contributed by atoms with Crippen molar-refractivity contribution in [3.05, 3.63) is 65.7 Å². The molecule has 2 aromatic carbocycles. The molecule has 0 unspecified atom stereocenters. The number of benzene rings is 2. The molecule has 1 heterocycles. The molecule has 0 spiro atoms. The molecule has 0 atom stereocenters. The molecule has 2 aromatic rings. The summed E-state index contributed by atoms with van der Waals surface area (Å²) >= 11 is 0. The van der Waals surface area contributed by atoms with Crippen LogP contribution in [0.15, 0.2) is 59.5 Å². The smallest absolute Gasteiger partial charge is 0.243 e. The first-order chi connectivity index (χ1) is 13.5. The minimum Gasteiger partial charge on any atom is -0.339 e. The molecule has 1 amide bonds. The van der Waals surface area contributed by atoms with E-state index in [-0.39, 0.29) is 23.9 Å². The normalized spacial score (nSPS) is 15.0. The summed E-state index contributed by atoms with van der Waals surface area (Å²) in [7, 11) is -3.78. The van der Waals surface area contributed by atoms with Crippen LogP contribution in [0.4, 0.5) is 0 Å². The summed E-state index contributed by atoms with van der Waals surface area (Å²) in [4.78, 5) is 14.7. The fourth-order valence-corrected chi connectivity index (χ4v) is 4.62. The summed E-state index contributed by atoms with van der Waals surface area (Å²) in [6.07, 6.45) is 0.924. The molecular weight excluding hydrogens is 374 g/mol. The number of nitrogens with one attached hydrogen (secondary N) is 1. The van der Waals surface area contributed by atoms with E-state index in [1.807, 2.05) is 24.3 Å². The van der Waals surface area contributed by atoms with Gasteiger partial charge in [0.15, 0.2) is 0 Å². The van der Waals surface area contributed by atoms with E-state index in [0.717, 1.165) is 25.1 Å². The quantitative estimate of drug-likeness (QED) is 0.769. The van der Waals surface area contributed by atoms with Crippen molar-refractivity contribution in [2.24, 2.45) is 0 Å². The topological polar surface area (TPSA) is 69.7 Å². The van der Waals surface area contributed by atoms with Crippen molar-refractivity contribution in [2.45, 2.75) is 24.8 Å². The maximum atomic E-state index is 13.2. The van der Waals surface area contributed by atoms with Crippen LogP contribution in [0, 0.1) is 0 Å². The predicted molar refractivity (Wildman–Crippen MR) is 109 cm³/mol. The number of carbonyl (C=O) groups excluding carboxylic acids is 1. The zero-order chi connectivity index (χ0) is 20.0. The lowest BCUT2D eigenvalue weighted by atomic mass is 10.1. The highest BCUT2D eigenvalue weighted by Crippen LogP contribution is 2.19. The lowest BCUT2D eigenvalue weighted by molar-refractivity contribution is -0.132. The number of hydrogen-bond donors (Lipinski definition) is 1. The van der Waals surface area contributed by atoms with E-state index >= 15 is 0 Å². The van der Waals surface area contributed by atoms with Gasteiger partial charge in [0.1, 0.15) is 0 Å². The van der Waals surface area contributed by atoms with E-state index in [4.69, 9.17) is 0 Å². The van der Waals surface area contributed by atoms with Gasteiger partial charge in [-0.2, -0.15) is 4.31 Å². The van der Waals surface area contributed by atoms with Crippen LogP contribution >= 0.6 is 0 Å². The number of aryl methyl sites for hydroxylation is 1. The molecule has 6 nitrogen and oxygen atoms in total. The largest absolute Gasteiger partial charge is 0.339 e. The molecule has 0 radical (unpaired) electrons. The second-order valence-corrected chi connectivity index (χ2v) is 8.82. The third-order valence-corrected chi connectivity index (χ3v) is 6.76. The number of nitrogens with zero attached hydrogens (tertiary/aromatic N) is 2. The molecule has 3 rings (SSSR count). The minimum absolute atomic E-state index is 0.160. The van der Waals surface area contributed by atoms with Crippen LogP contribution in [-0.4, -0.2) is 56.3 Å². The molecule has 1 N–H and O–H groups in total. The van der Waals surface area contributed by atoms with Crippen molar-refractivity contribution >= 4 is 15.9 Å². The van der Waals surface area contributed by atoms with Crippen LogP contribution in [0.25, 0.3) is 0 Å². The maximum absolute atomic E-state index is 13.2. The number of sulfonamides is 1. The van der Waals surface area contributed by atoms with E-state index < -0.39 is 10.0 Å². The summed E-state index contributed by atoms with van der Waals surface area (Å²) in [5, 5.41) is 3.20. The highest BCUT2D eigenvalue weighted by atomic mass is 32.2. The highest BCUT2D eigenvalue weighted by molar-refractivity contribution is 7.89. The van der Waals surface area contributed by atoms with Crippen molar-refractivity contribution in [1.29, 1.82) is 0 Å². The number of carbonyl (C=O) groups is 1. The molecule has 1 fully saturated rings. The number of piperazine rings is 1. The van der Waals surface area contributed by atoms with Crippen LogP contribution in [0.1, 0.15) is 18.1 Å². The summed E-state index contributed by atoms with van der Waals surface area (Å²) in [5.41, 5.74) is 2.06. The standard InChI is InChI=1S/C21H27N3O3S/c1-2-18-8-10-19(11-9-18)16-24(17-21(25)23-14-12-22-13-15-23)28(26,27)20-6-4-3-5-7-20/h3-11,22H,2,12-17H2,1H3. The Balaban J connectivity index is 1.85. The first kappa shape index (κ1) is 20.5. The van der Waals surface area contributed by atoms with E-state index in [1.165, 1.54) is 9.87 Å². The molecule has 0 aliphatic carbocycles. The fraction of sp³-hybridized carbons (Fsp3) is 0.381. The third-order valence-electron chi connectivity index (χ3n) is 4.95. The van der Waals surface area contributed by atoms with Gasteiger partial charge in [0.2, 0.25) is 15.9 Å². The molecule has 7 heteroatoms. The van der Waals surface area contributed by atoms with Crippen molar-refractivity contribution in [2.75, 3.05) is 32.7 Å². The van der Waals surface area contributed by atoms with Gasteiger partial charge in [-0.05, 0) is 29.7 Å². The zero-order valence-corrected chi connectivity index (χ0v) is 17.0. The van der Waals surface area contributed by atoms with Crippen molar-refractivity contribution in [3.63, 3.8) is 0 Å². The maximum Gasteiger partial charge on any atom is 0.243 e. The fourth-order valence-electron chi connectivity index (χ4n) is 3.22. The summed E-state index contributed by atoms with van der Waals surface area (Å²) < 4.78 is 27.7. The van der Waals surface area contributed by atoms with Gasteiger partial charge in [-0.1, -0.05) is 49.4 Å². The molecule has 150 valence electrons. The first-order valence-electron chi connectivity index (χ1n) is 9.62.